The van der Waals surface area contributed by atoms with E-state index in [9.17, 15) is 14.9 Å². The van der Waals surface area contributed by atoms with Crippen LogP contribution in [0.2, 0.25) is 5.02 Å². The monoisotopic (exact) mass is 325 g/mol. The van der Waals surface area contributed by atoms with E-state index in [2.05, 4.69) is 11.4 Å². The Hall–Kier alpha value is -1.78. The average molecular weight is 326 g/mol. The lowest BCUT2D eigenvalue weighted by Crippen LogP contribution is -2.52. The van der Waals surface area contributed by atoms with Crippen LogP contribution in [0.15, 0.2) is 23.1 Å². The van der Waals surface area contributed by atoms with Crippen LogP contribution in [0.25, 0.3) is 0 Å². The molecule has 1 fully saturated rings. The number of nitro groups is 1. The van der Waals surface area contributed by atoms with Crippen LogP contribution in [0, 0.1) is 21.4 Å². The number of benzene rings is 1. The van der Waals surface area contributed by atoms with Crippen molar-refractivity contribution in [3.05, 3.63) is 33.3 Å². The van der Waals surface area contributed by atoms with Gasteiger partial charge in [0.05, 0.1) is 21.6 Å². The highest BCUT2D eigenvalue weighted by Gasteiger charge is 2.38. The van der Waals surface area contributed by atoms with Crippen molar-refractivity contribution in [1.29, 1.82) is 5.26 Å². The number of carbonyl (C=O) groups excluding carboxylic acids is 1. The number of rotatable bonds is 5. The van der Waals surface area contributed by atoms with Gasteiger partial charge < -0.3 is 5.32 Å². The van der Waals surface area contributed by atoms with Crippen molar-refractivity contribution < 1.29 is 9.72 Å². The first kappa shape index (κ1) is 15.6. The van der Waals surface area contributed by atoms with Gasteiger partial charge in [-0.15, -0.1) is 11.8 Å². The summed E-state index contributed by atoms with van der Waals surface area (Å²) in [6.45, 7) is 0. The minimum Gasteiger partial charge on any atom is -0.337 e. The van der Waals surface area contributed by atoms with E-state index in [0.29, 0.717) is 17.7 Å². The fourth-order valence-electron chi connectivity index (χ4n) is 2.00. The lowest BCUT2D eigenvalue weighted by atomic mass is 9.78. The third kappa shape index (κ3) is 3.65. The van der Waals surface area contributed by atoms with E-state index in [-0.39, 0.29) is 22.4 Å². The second-order valence-corrected chi connectivity index (χ2v) is 6.21. The van der Waals surface area contributed by atoms with Gasteiger partial charge in [-0.25, -0.2) is 0 Å². The number of nitriles is 1. The zero-order chi connectivity index (χ0) is 15.5. The van der Waals surface area contributed by atoms with Gasteiger partial charge in [0.2, 0.25) is 5.91 Å². The maximum absolute atomic E-state index is 11.9. The lowest BCUT2D eigenvalue weighted by molar-refractivity contribution is -0.387. The number of nitrogens with one attached hydrogen (secondary N) is 1. The Morgan fingerprint density at radius 2 is 2.29 bits per heavy atom. The zero-order valence-corrected chi connectivity index (χ0v) is 12.5. The number of amides is 1. The molecule has 8 heteroatoms. The molecule has 0 aliphatic heterocycles. The molecule has 1 aromatic rings. The van der Waals surface area contributed by atoms with Crippen LogP contribution >= 0.6 is 23.4 Å². The molecule has 0 radical (unpaired) electrons. The molecule has 0 unspecified atom stereocenters. The number of hydrogen-bond acceptors (Lipinski definition) is 5. The number of hydrogen-bond donors (Lipinski definition) is 1. The molecule has 0 bridgehead atoms. The summed E-state index contributed by atoms with van der Waals surface area (Å²) in [6.07, 6.45) is 2.23. The fraction of sp³-hybridized carbons (Fsp3) is 0.385. The van der Waals surface area contributed by atoms with E-state index < -0.39 is 10.5 Å². The summed E-state index contributed by atoms with van der Waals surface area (Å²) >= 11 is 6.78. The van der Waals surface area contributed by atoms with E-state index in [1.54, 1.807) is 0 Å². The van der Waals surface area contributed by atoms with Gasteiger partial charge in [0, 0.05) is 11.1 Å². The third-order valence-electron chi connectivity index (χ3n) is 3.28. The number of nitrogens with zero attached hydrogens (tertiary/aromatic N) is 2. The van der Waals surface area contributed by atoms with Gasteiger partial charge in [0.15, 0.2) is 0 Å². The van der Waals surface area contributed by atoms with E-state index in [4.69, 9.17) is 16.9 Å². The summed E-state index contributed by atoms with van der Waals surface area (Å²) in [5, 5.41) is 22.9. The topological polar surface area (TPSA) is 96.0 Å². The second kappa shape index (κ2) is 6.33. The van der Waals surface area contributed by atoms with Crippen molar-refractivity contribution in [2.45, 2.75) is 29.7 Å². The molecular weight excluding hydrogens is 314 g/mol. The Bertz CT molecular complexity index is 626. The van der Waals surface area contributed by atoms with Gasteiger partial charge in [0.25, 0.3) is 5.69 Å². The smallest absolute Gasteiger partial charge is 0.284 e. The van der Waals surface area contributed by atoms with Gasteiger partial charge in [-0.2, -0.15) is 5.26 Å². The summed E-state index contributed by atoms with van der Waals surface area (Å²) in [5.41, 5.74) is -0.872. The normalized spacial score (nSPS) is 15.6. The van der Waals surface area contributed by atoms with Crippen molar-refractivity contribution in [3.63, 3.8) is 0 Å². The molecule has 0 heterocycles. The third-order valence-corrected chi connectivity index (χ3v) is 4.57. The second-order valence-electron chi connectivity index (χ2n) is 4.75. The SMILES string of the molecule is N#CC1(NC(=O)CSc2ccc(Cl)cc2[N+](=O)[O-])CCC1. The molecule has 0 saturated heterocycles. The Morgan fingerprint density at radius 3 is 2.81 bits per heavy atom. The molecule has 0 atom stereocenters. The van der Waals surface area contributed by atoms with Crippen LogP contribution in [0.4, 0.5) is 5.69 Å². The minimum atomic E-state index is -0.746. The van der Waals surface area contributed by atoms with E-state index >= 15 is 0 Å². The number of thioether (sulfide) groups is 1. The van der Waals surface area contributed by atoms with Crippen molar-refractivity contribution >= 4 is 35.0 Å². The predicted octanol–water partition coefficient (Wildman–Crippen LogP) is 2.90. The fourth-order valence-corrected chi connectivity index (χ4v) is 2.97. The maximum Gasteiger partial charge on any atom is 0.284 e. The summed E-state index contributed by atoms with van der Waals surface area (Å²) in [7, 11) is 0. The van der Waals surface area contributed by atoms with Crippen molar-refractivity contribution in [3.8, 4) is 6.07 Å². The molecule has 0 spiro atoms. The highest BCUT2D eigenvalue weighted by atomic mass is 35.5. The first-order valence-corrected chi connectivity index (χ1v) is 7.61. The van der Waals surface area contributed by atoms with Crippen LogP contribution in [-0.2, 0) is 4.79 Å². The average Bonchev–Trinajstić information content (AvgIpc) is 2.41. The predicted molar refractivity (Wildman–Crippen MR) is 79.2 cm³/mol. The first-order chi connectivity index (χ1) is 9.96. The molecule has 2 rings (SSSR count). The molecule has 0 aromatic heterocycles. The number of nitro benzene ring substituents is 1. The van der Waals surface area contributed by atoms with Crippen molar-refractivity contribution in [2.75, 3.05) is 5.75 Å². The van der Waals surface area contributed by atoms with Crippen LogP contribution in [0.3, 0.4) is 0 Å². The minimum absolute atomic E-state index is 0.0197. The van der Waals surface area contributed by atoms with Crippen molar-refractivity contribution in [1.82, 2.24) is 5.32 Å². The van der Waals surface area contributed by atoms with E-state index in [0.717, 1.165) is 18.2 Å². The summed E-state index contributed by atoms with van der Waals surface area (Å²) in [6, 6.07) is 6.42. The molecular formula is C13H12ClN3O3S. The molecule has 110 valence electrons. The summed E-state index contributed by atoms with van der Waals surface area (Å²) < 4.78 is 0. The molecule has 1 saturated carbocycles. The van der Waals surface area contributed by atoms with Crippen molar-refractivity contribution in [2.24, 2.45) is 0 Å². The van der Waals surface area contributed by atoms with Gasteiger partial charge in [-0.1, -0.05) is 11.6 Å². The molecule has 6 nitrogen and oxygen atoms in total. The van der Waals surface area contributed by atoms with Crippen LogP contribution in [-0.4, -0.2) is 22.1 Å². The number of carbonyl (C=O) groups is 1. The molecule has 1 aliphatic rings. The van der Waals surface area contributed by atoms with Crippen LogP contribution < -0.4 is 5.32 Å². The molecule has 1 amide bonds. The number of halogens is 1. The van der Waals surface area contributed by atoms with Gasteiger partial charge in [0.1, 0.15) is 5.54 Å². The van der Waals surface area contributed by atoms with Gasteiger partial charge in [-0.3, -0.25) is 14.9 Å². The Balaban J connectivity index is 1.99. The quantitative estimate of drug-likeness (QED) is 0.510. The van der Waals surface area contributed by atoms with Crippen LogP contribution in [0.5, 0.6) is 0 Å². The molecule has 21 heavy (non-hydrogen) atoms. The molecule has 1 aliphatic carbocycles. The van der Waals surface area contributed by atoms with Gasteiger partial charge >= 0.3 is 0 Å². The highest BCUT2D eigenvalue weighted by Crippen LogP contribution is 2.33. The largest absolute Gasteiger partial charge is 0.337 e. The standard InChI is InChI=1S/C13H12ClN3O3S/c14-9-2-3-11(10(6-9)17(19)20)21-7-12(18)16-13(8-15)4-1-5-13/h2-3,6H,1,4-5,7H2,(H,16,18). The summed E-state index contributed by atoms with van der Waals surface area (Å²) in [5.74, 6) is -0.281. The van der Waals surface area contributed by atoms with Gasteiger partial charge in [-0.05, 0) is 31.4 Å². The summed E-state index contributed by atoms with van der Waals surface area (Å²) in [4.78, 5) is 22.6. The van der Waals surface area contributed by atoms with E-state index in [1.165, 1.54) is 18.2 Å². The Labute approximate surface area is 130 Å². The van der Waals surface area contributed by atoms with E-state index in [1.807, 2.05) is 0 Å². The first-order valence-electron chi connectivity index (χ1n) is 6.25. The highest BCUT2D eigenvalue weighted by molar-refractivity contribution is 8.00. The molecule has 1 N–H and O–H groups in total. The molecule has 1 aromatic carbocycles. The Morgan fingerprint density at radius 1 is 1.57 bits per heavy atom. The zero-order valence-electron chi connectivity index (χ0n) is 11.0. The lowest BCUT2D eigenvalue weighted by Gasteiger charge is -2.35. The van der Waals surface area contributed by atoms with Crippen LogP contribution in [0.1, 0.15) is 19.3 Å². The Kier molecular flexibility index (Phi) is 4.70. The maximum atomic E-state index is 11.9.